The highest BCUT2D eigenvalue weighted by Crippen LogP contribution is 2.26. The number of halogens is 1. The molecule has 0 saturated heterocycles. The highest BCUT2D eigenvalue weighted by Gasteiger charge is 2.06. The van der Waals surface area contributed by atoms with Crippen molar-refractivity contribution in [2.45, 2.75) is 26.4 Å². The van der Waals surface area contributed by atoms with Crippen LogP contribution in [0, 0.1) is 0 Å². The molecule has 4 nitrogen and oxygen atoms in total. The number of aromatic nitrogens is 2. The molecule has 0 fully saturated rings. The zero-order valence-corrected chi connectivity index (χ0v) is 12.6. The van der Waals surface area contributed by atoms with Gasteiger partial charge in [-0.2, -0.15) is 0 Å². The zero-order valence-electron chi connectivity index (χ0n) is 10.2. The number of hydrogen-bond acceptors (Lipinski definition) is 5. The Morgan fingerprint density at radius 3 is 2.94 bits per heavy atom. The van der Waals surface area contributed by atoms with Gasteiger partial charge in [0.05, 0.1) is 6.54 Å². The number of benzene rings is 1. The fourth-order valence-electron chi connectivity index (χ4n) is 1.27. The predicted octanol–water partition coefficient (Wildman–Crippen LogP) is 3.59. The normalized spacial score (nSPS) is 10.9. The second kappa shape index (κ2) is 6.26. The molecular weight excluding hydrogens is 314 g/mol. The number of nitrogens with zero attached hydrogens (tertiary/aromatic N) is 2. The van der Waals surface area contributed by atoms with E-state index in [-0.39, 0.29) is 0 Å². The van der Waals surface area contributed by atoms with Crippen LogP contribution in [-0.2, 0) is 6.54 Å². The molecule has 0 bridgehead atoms. The van der Waals surface area contributed by atoms with Crippen molar-refractivity contribution < 1.29 is 4.74 Å². The van der Waals surface area contributed by atoms with E-state index in [1.807, 2.05) is 24.3 Å². The van der Waals surface area contributed by atoms with Crippen LogP contribution in [0.1, 0.15) is 18.9 Å². The largest absolute Gasteiger partial charge is 0.430 e. The van der Waals surface area contributed by atoms with Gasteiger partial charge in [0, 0.05) is 10.5 Å². The molecular formula is C12H14BrN3OS. The number of hydrogen-bond donors (Lipinski definition) is 1. The third kappa shape index (κ3) is 4.04. The molecule has 0 aliphatic rings. The topological polar surface area (TPSA) is 47.0 Å². The Morgan fingerprint density at radius 1 is 1.39 bits per heavy atom. The molecule has 1 N–H and O–H groups in total. The highest BCUT2D eigenvalue weighted by atomic mass is 79.9. The van der Waals surface area contributed by atoms with Crippen molar-refractivity contribution in [1.29, 1.82) is 0 Å². The first-order valence-corrected chi connectivity index (χ1v) is 7.23. The van der Waals surface area contributed by atoms with Gasteiger partial charge in [0.15, 0.2) is 0 Å². The first-order valence-electron chi connectivity index (χ1n) is 5.62. The molecule has 0 saturated carbocycles. The molecule has 96 valence electrons. The third-order valence-corrected chi connectivity index (χ3v) is 3.41. The smallest absolute Gasteiger partial charge is 0.299 e. The summed E-state index contributed by atoms with van der Waals surface area (Å²) < 4.78 is 6.61. The molecule has 2 rings (SSSR count). The lowest BCUT2D eigenvalue weighted by molar-refractivity contribution is 0.472. The Bertz CT molecular complexity index is 516. The van der Waals surface area contributed by atoms with Crippen LogP contribution in [0.2, 0.25) is 0 Å². The third-order valence-electron chi connectivity index (χ3n) is 2.11. The molecule has 0 radical (unpaired) electrons. The number of nitrogens with one attached hydrogen (secondary N) is 1. The van der Waals surface area contributed by atoms with E-state index < -0.39 is 0 Å². The Balaban J connectivity index is 1.98. The van der Waals surface area contributed by atoms with Crippen LogP contribution >= 0.6 is 27.3 Å². The van der Waals surface area contributed by atoms with E-state index in [1.165, 1.54) is 11.3 Å². The molecule has 6 heteroatoms. The minimum atomic E-state index is 0.434. The summed E-state index contributed by atoms with van der Waals surface area (Å²) in [6, 6.07) is 8.08. The maximum Gasteiger partial charge on any atom is 0.299 e. The molecule has 0 atom stereocenters. The van der Waals surface area contributed by atoms with Crippen molar-refractivity contribution in [3.63, 3.8) is 0 Å². The molecule has 0 aliphatic carbocycles. The fourth-order valence-corrected chi connectivity index (χ4v) is 2.31. The monoisotopic (exact) mass is 327 g/mol. The molecule has 0 amide bonds. The quantitative estimate of drug-likeness (QED) is 0.911. The summed E-state index contributed by atoms with van der Waals surface area (Å²) in [7, 11) is 0. The van der Waals surface area contributed by atoms with Gasteiger partial charge >= 0.3 is 0 Å². The molecule has 1 aromatic heterocycles. The van der Waals surface area contributed by atoms with Gasteiger partial charge in [-0.3, -0.25) is 0 Å². The summed E-state index contributed by atoms with van der Waals surface area (Å²) in [5, 5.41) is 12.9. The predicted molar refractivity (Wildman–Crippen MR) is 76.1 cm³/mol. The van der Waals surface area contributed by atoms with E-state index in [2.05, 4.69) is 45.3 Å². The summed E-state index contributed by atoms with van der Waals surface area (Å²) in [4.78, 5) is 0. The summed E-state index contributed by atoms with van der Waals surface area (Å²) in [6.07, 6.45) is 0. The first-order chi connectivity index (χ1) is 8.63. The Hall–Kier alpha value is -0.980. The van der Waals surface area contributed by atoms with Gasteiger partial charge in [-0.15, -0.1) is 5.10 Å². The van der Waals surface area contributed by atoms with Crippen molar-refractivity contribution in [3.05, 3.63) is 33.7 Å². The zero-order chi connectivity index (χ0) is 13.0. The Labute approximate surface area is 119 Å². The van der Waals surface area contributed by atoms with Gasteiger partial charge < -0.3 is 10.1 Å². The van der Waals surface area contributed by atoms with Crippen LogP contribution in [0.15, 0.2) is 28.7 Å². The van der Waals surface area contributed by atoms with Gasteiger partial charge in [0.2, 0.25) is 0 Å². The maximum atomic E-state index is 5.63. The highest BCUT2D eigenvalue weighted by molar-refractivity contribution is 9.10. The minimum Gasteiger partial charge on any atom is -0.430 e. The van der Waals surface area contributed by atoms with E-state index in [4.69, 9.17) is 4.74 Å². The van der Waals surface area contributed by atoms with Crippen molar-refractivity contribution in [3.8, 4) is 10.9 Å². The van der Waals surface area contributed by atoms with Gasteiger partial charge in [-0.1, -0.05) is 52.3 Å². The van der Waals surface area contributed by atoms with Gasteiger partial charge in [-0.25, -0.2) is 0 Å². The molecule has 0 aliphatic heterocycles. The van der Waals surface area contributed by atoms with E-state index in [9.17, 15) is 0 Å². The van der Waals surface area contributed by atoms with Crippen LogP contribution in [-0.4, -0.2) is 16.2 Å². The molecule has 18 heavy (non-hydrogen) atoms. The SMILES string of the molecule is CC(C)NCc1nnc(Oc2cccc(Br)c2)s1. The molecule has 1 heterocycles. The van der Waals surface area contributed by atoms with Crippen molar-refractivity contribution in [1.82, 2.24) is 15.5 Å². The molecule has 0 unspecified atom stereocenters. The second-order valence-corrected chi connectivity index (χ2v) is 6.00. The standard InChI is InChI=1S/C12H14BrN3OS/c1-8(2)14-7-11-15-16-12(18-11)17-10-5-3-4-9(13)6-10/h3-6,8,14H,7H2,1-2H3. The first kappa shape index (κ1) is 13.5. The lowest BCUT2D eigenvalue weighted by Gasteiger charge is -2.03. The lowest BCUT2D eigenvalue weighted by atomic mass is 10.3. The number of ether oxygens (including phenoxy) is 1. The number of rotatable bonds is 5. The average Bonchev–Trinajstić information content (AvgIpc) is 2.74. The fraction of sp³-hybridized carbons (Fsp3) is 0.333. The second-order valence-electron chi connectivity index (χ2n) is 4.06. The minimum absolute atomic E-state index is 0.434. The van der Waals surface area contributed by atoms with E-state index >= 15 is 0 Å². The van der Waals surface area contributed by atoms with Gasteiger partial charge in [0.1, 0.15) is 10.8 Å². The van der Waals surface area contributed by atoms with E-state index in [1.54, 1.807) is 0 Å². The van der Waals surface area contributed by atoms with E-state index in [0.717, 1.165) is 21.8 Å². The lowest BCUT2D eigenvalue weighted by Crippen LogP contribution is -2.21. The van der Waals surface area contributed by atoms with Crippen LogP contribution in [0.3, 0.4) is 0 Å². The Morgan fingerprint density at radius 2 is 2.22 bits per heavy atom. The van der Waals surface area contributed by atoms with Crippen molar-refractivity contribution in [2.75, 3.05) is 0 Å². The van der Waals surface area contributed by atoms with Crippen LogP contribution in [0.4, 0.5) is 0 Å². The summed E-state index contributed by atoms with van der Waals surface area (Å²) in [5.74, 6) is 0.754. The summed E-state index contributed by atoms with van der Waals surface area (Å²) in [6.45, 7) is 4.91. The molecule has 0 spiro atoms. The van der Waals surface area contributed by atoms with Crippen LogP contribution < -0.4 is 10.1 Å². The molecule has 1 aromatic carbocycles. The van der Waals surface area contributed by atoms with Crippen molar-refractivity contribution >= 4 is 27.3 Å². The summed E-state index contributed by atoms with van der Waals surface area (Å²) in [5.41, 5.74) is 0. The van der Waals surface area contributed by atoms with E-state index in [0.29, 0.717) is 11.2 Å². The van der Waals surface area contributed by atoms with Gasteiger partial charge in [0.25, 0.3) is 5.19 Å². The maximum absolute atomic E-state index is 5.63. The van der Waals surface area contributed by atoms with Crippen molar-refractivity contribution in [2.24, 2.45) is 0 Å². The van der Waals surface area contributed by atoms with Crippen LogP contribution in [0.5, 0.6) is 10.9 Å². The molecule has 2 aromatic rings. The van der Waals surface area contributed by atoms with Gasteiger partial charge in [-0.05, 0) is 18.2 Å². The summed E-state index contributed by atoms with van der Waals surface area (Å²) >= 11 is 4.85. The Kier molecular flexibility index (Phi) is 4.68. The van der Waals surface area contributed by atoms with Crippen LogP contribution in [0.25, 0.3) is 0 Å². The average molecular weight is 328 g/mol.